The minimum absolute atomic E-state index is 0.169. The van der Waals surface area contributed by atoms with Crippen LogP contribution < -0.4 is 10.4 Å². The predicted octanol–water partition coefficient (Wildman–Crippen LogP) is 1.53. The van der Waals surface area contributed by atoms with Gasteiger partial charge in [-0.2, -0.15) is 0 Å². The highest BCUT2D eigenvalue weighted by Gasteiger charge is 2.40. The Kier molecular flexibility index (Phi) is 2.40. The topological polar surface area (TPSA) is 20.3 Å². The third-order valence-electron chi connectivity index (χ3n) is 5.51. The number of piperidine rings is 1. The average molecular weight is 287 g/mol. The number of fused-ring (bicyclic) bond motifs is 5. The summed E-state index contributed by atoms with van der Waals surface area (Å²) in [4.78, 5) is 14.1. The molecule has 0 bridgehead atoms. The van der Waals surface area contributed by atoms with Crippen LogP contribution in [0.1, 0.15) is 6.42 Å². The standard InChI is InChI=1S/C20H17NO/c22-20-10-9-13-11-18-16-7-3-1-5-14(16)15-6-2-4-8-17(15)19(18)12-21(13)20/h1-10,13,16,18H,11-12H2. The van der Waals surface area contributed by atoms with Crippen LogP contribution in [0.3, 0.4) is 0 Å². The highest BCUT2D eigenvalue weighted by molar-refractivity contribution is 5.92. The Morgan fingerprint density at radius 3 is 2.77 bits per heavy atom. The average Bonchev–Trinajstić information content (AvgIpc) is 2.94. The van der Waals surface area contributed by atoms with Gasteiger partial charge in [0.1, 0.15) is 0 Å². The van der Waals surface area contributed by atoms with Gasteiger partial charge in [0, 0.05) is 18.5 Å². The van der Waals surface area contributed by atoms with Crippen molar-refractivity contribution in [2.24, 2.45) is 11.8 Å². The van der Waals surface area contributed by atoms with E-state index in [4.69, 9.17) is 0 Å². The molecule has 4 aliphatic rings. The second-order valence-corrected chi connectivity index (χ2v) is 6.53. The molecule has 2 aliphatic carbocycles. The van der Waals surface area contributed by atoms with Crippen LogP contribution in [-0.4, -0.2) is 23.4 Å². The van der Waals surface area contributed by atoms with E-state index in [0.29, 0.717) is 11.8 Å². The van der Waals surface area contributed by atoms with Crippen LogP contribution >= 0.6 is 0 Å². The molecule has 0 saturated carbocycles. The molecule has 22 heavy (non-hydrogen) atoms. The van der Waals surface area contributed by atoms with Crippen molar-refractivity contribution in [2.45, 2.75) is 12.5 Å². The van der Waals surface area contributed by atoms with Gasteiger partial charge >= 0.3 is 0 Å². The first kappa shape index (κ1) is 12.2. The summed E-state index contributed by atoms with van der Waals surface area (Å²) < 4.78 is 0. The Hall–Kier alpha value is -2.35. The third kappa shape index (κ3) is 1.52. The van der Waals surface area contributed by atoms with Gasteiger partial charge in [-0.15, -0.1) is 0 Å². The molecule has 3 unspecified atom stereocenters. The van der Waals surface area contributed by atoms with E-state index < -0.39 is 0 Å². The Bertz CT molecular complexity index is 887. The molecule has 1 aromatic rings. The van der Waals surface area contributed by atoms with Crippen molar-refractivity contribution in [1.29, 1.82) is 0 Å². The van der Waals surface area contributed by atoms with E-state index in [0.717, 1.165) is 13.0 Å². The van der Waals surface area contributed by atoms with Gasteiger partial charge in [0.15, 0.2) is 0 Å². The van der Waals surface area contributed by atoms with Crippen LogP contribution in [0.4, 0.5) is 0 Å². The number of hydrogen-bond donors (Lipinski definition) is 0. The summed E-state index contributed by atoms with van der Waals surface area (Å²) in [7, 11) is 0. The van der Waals surface area contributed by atoms with Crippen LogP contribution in [0, 0.1) is 11.8 Å². The summed E-state index contributed by atoms with van der Waals surface area (Å²) in [5.41, 5.74) is 2.88. The maximum absolute atomic E-state index is 12.1. The quantitative estimate of drug-likeness (QED) is 0.709. The molecule has 1 aromatic carbocycles. The van der Waals surface area contributed by atoms with Gasteiger partial charge in [-0.25, -0.2) is 0 Å². The fourth-order valence-corrected chi connectivity index (χ4v) is 4.50. The highest BCUT2D eigenvalue weighted by Crippen LogP contribution is 2.41. The summed E-state index contributed by atoms with van der Waals surface area (Å²) in [5, 5.41) is 2.69. The normalized spacial score (nSPS) is 31.0. The van der Waals surface area contributed by atoms with Crippen molar-refractivity contribution in [3.05, 3.63) is 71.2 Å². The van der Waals surface area contributed by atoms with E-state index in [1.165, 1.54) is 21.6 Å². The number of amides is 1. The number of carbonyl (C=O) groups is 1. The first-order valence-corrected chi connectivity index (χ1v) is 7.99. The molecule has 0 spiro atoms. The Morgan fingerprint density at radius 1 is 1.00 bits per heavy atom. The number of carbonyl (C=O) groups excluding carboxylic acids is 1. The smallest absolute Gasteiger partial charge is 0.247 e. The lowest BCUT2D eigenvalue weighted by atomic mass is 9.69. The lowest BCUT2D eigenvalue weighted by Gasteiger charge is -2.42. The zero-order valence-corrected chi connectivity index (χ0v) is 12.3. The molecule has 1 amide bonds. The molecule has 3 atom stereocenters. The van der Waals surface area contributed by atoms with E-state index in [1.807, 2.05) is 4.90 Å². The van der Waals surface area contributed by atoms with E-state index in [9.17, 15) is 4.79 Å². The monoisotopic (exact) mass is 287 g/mol. The van der Waals surface area contributed by atoms with Crippen molar-refractivity contribution in [3.63, 3.8) is 0 Å². The molecule has 0 aromatic heterocycles. The second kappa shape index (κ2) is 4.33. The van der Waals surface area contributed by atoms with Crippen molar-refractivity contribution in [3.8, 4) is 0 Å². The summed E-state index contributed by atoms with van der Waals surface area (Å²) >= 11 is 0. The van der Waals surface area contributed by atoms with Crippen LogP contribution in [0.25, 0.3) is 11.1 Å². The van der Waals surface area contributed by atoms with Crippen LogP contribution in [-0.2, 0) is 4.79 Å². The zero-order valence-electron chi connectivity index (χ0n) is 12.3. The van der Waals surface area contributed by atoms with Crippen LogP contribution in [0.2, 0.25) is 0 Å². The number of benzene rings is 1. The molecule has 108 valence electrons. The fourth-order valence-electron chi connectivity index (χ4n) is 4.50. The minimum Gasteiger partial charge on any atom is -0.329 e. The summed E-state index contributed by atoms with van der Waals surface area (Å²) in [5.74, 6) is 1.14. The summed E-state index contributed by atoms with van der Waals surface area (Å²) in [6.45, 7) is 0.777. The fraction of sp³-hybridized carbons (Fsp3) is 0.250. The molecule has 0 N–H and O–H groups in total. The minimum atomic E-state index is 0.169. The van der Waals surface area contributed by atoms with E-state index in [1.54, 1.807) is 6.08 Å². The van der Waals surface area contributed by atoms with Crippen molar-refractivity contribution in [2.75, 3.05) is 6.54 Å². The van der Waals surface area contributed by atoms with Gasteiger partial charge in [-0.05, 0) is 33.9 Å². The van der Waals surface area contributed by atoms with Gasteiger partial charge in [0.05, 0.1) is 6.04 Å². The summed E-state index contributed by atoms with van der Waals surface area (Å²) in [6.07, 6.45) is 13.8. The molecule has 2 aliphatic heterocycles. The molecule has 2 nitrogen and oxygen atoms in total. The molecule has 1 fully saturated rings. The second-order valence-electron chi connectivity index (χ2n) is 6.53. The Balaban J connectivity index is 1.79. The Labute approximate surface area is 129 Å². The van der Waals surface area contributed by atoms with Crippen LogP contribution in [0.15, 0.2) is 60.7 Å². The third-order valence-corrected chi connectivity index (χ3v) is 5.51. The van der Waals surface area contributed by atoms with Gasteiger partial charge in [-0.3, -0.25) is 4.79 Å². The summed E-state index contributed by atoms with van der Waals surface area (Å²) in [6, 6.07) is 8.96. The van der Waals surface area contributed by atoms with Gasteiger partial charge in [0.2, 0.25) is 5.91 Å². The first-order chi connectivity index (χ1) is 10.8. The molecular weight excluding hydrogens is 270 g/mol. The molecule has 1 saturated heterocycles. The maximum Gasteiger partial charge on any atom is 0.247 e. The van der Waals surface area contributed by atoms with Crippen molar-refractivity contribution >= 4 is 17.1 Å². The SMILES string of the molecule is O=C1C=CC2CC3C(=c4ccccc4=C4C=CC=CC43)CN12. The Morgan fingerprint density at radius 2 is 1.86 bits per heavy atom. The van der Waals surface area contributed by atoms with E-state index in [2.05, 4.69) is 54.6 Å². The number of nitrogens with zero attached hydrogens (tertiary/aromatic N) is 1. The lowest BCUT2D eigenvalue weighted by molar-refractivity contribution is -0.126. The van der Waals surface area contributed by atoms with Gasteiger partial charge < -0.3 is 4.90 Å². The largest absolute Gasteiger partial charge is 0.329 e. The predicted molar refractivity (Wildman–Crippen MR) is 87.0 cm³/mol. The molecule has 2 heteroatoms. The lowest BCUT2D eigenvalue weighted by Crippen LogP contribution is -2.50. The highest BCUT2D eigenvalue weighted by atomic mass is 16.2. The number of allylic oxidation sites excluding steroid dienone is 4. The van der Waals surface area contributed by atoms with Gasteiger partial charge in [0.25, 0.3) is 0 Å². The van der Waals surface area contributed by atoms with E-state index in [-0.39, 0.29) is 11.9 Å². The zero-order chi connectivity index (χ0) is 14.7. The molecular formula is C20H17NO. The van der Waals surface area contributed by atoms with E-state index >= 15 is 0 Å². The first-order valence-electron chi connectivity index (χ1n) is 7.99. The maximum atomic E-state index is 12.1. The van der Waals surface area contributed by atoms with Crippen molar-refractivity contribution < 1.29 is 4.79 Å². The van der Waals surface area contributed by atoms with Crippen LogP contribution in [0.5, 0.6) is 0 Å². The molecule has 2 heterocycles. The van der Waals surface area contributed by atoms with Crippen molar-refractivity contribution in [1.82, 2.24) is 4.90 Å². The van der Waals surface area contributed by atoms with Gasteiger partial charge in [-0.1, -0.05) is 54.6 Å². The number of rotatable bonds is 0. The number of hydrogen-bond acceptors (Lipinski definition) is 1. The molecule has 0 radical (unpaired) electrons. The molecule has 5 rings (SSSR count).